The fourth-order valence-corrected chi connectivity index (χ4v) is 3.28. The van der Waals surface area contributed by atoms with Gasteiger partial charge in [-0.25, -0.2) is 0 Å². The smallest absolute Gasteiger partial charge is 0.306 e. The van der Waals surface area contributed by atoms with E-state index in [-0.39, 0.29) is 17.5 Å². The Balaban J connectivity index is 3.94. The molecule has 0 rings (SSSR count). The fourth-order valence-electron chi connectivity index (χ4n) is 3.28. The van der Waals surface area contributed by atoms with Crippen LogP contribution in [0.4, 0.5) is 0 Å². The van der Waals surface area contributed by atoms with Crippen LogP contribution in [0.1, 0.15) is 105 Å². The van der Waals surface area contributed by atoms with Crippen LogP contribution in [0.5, 0.6) is 0 Å². The summed E-state index contributed by atoms with van der Waals surface area (Å²) in [6.45, 7) is 8.33. The molecule has 0 aromatic rings. The van der Waals surface area contributed by atoms with Gasteiger partial charge in [0.05, 0.1) is 0 Å². The van der Waals surface area contributed by atoms with Gasteiger partial charge in [-0.15, -0.1) is 0 Å². The first kappa shape index (κ1) is 26.3. The zero-order valence-electron chi connectivity index (χ0n) is 18.3. The van der Waals surface area contributed by atoms with Crippen LogP contribution in [0.2, 0.25) is 0 Å². The quantitative estimate of drug-likeness (QED) is 0.276. The Morgan fingerprint density at radius 1 is 0.786 bits per heavy atom. The standard InChI is InChI=1S/C22H38O6/c1-6-19(17(4)23)27-21(26)16-14-12-10-9-11-13-15-20(25)22(7-2,8-3)28-18(5)24/h19H,6-16H2,1-5H3. The van der Waals surface area contributed by atoms with E-state index in [9.17, 15) is 19.2 Å². The number of rotatable bonds is 16. The van der Waals surface area contributed by atoms with Crippen molar-refractivity contribution in [3.05, 3.63) is 0 Å². The topological polar surface area (TPSA) is 86.7 Å². The molecule has 1 unspecified atom stereocenters. The summed E-state index contributed by atoms with van der Waals surface area (Å²) in [5.74, 6) is -0.835. The molecular formula is C22H38O6. The summed E-state index contributed by atoms with van der Waals surface area (Å²) in [6, 6.07) is 0. The van der Waals surface area contributed by atoms with Gasteiger partial charge in [-0.1, -0.05) is 46.5 Å². The van der Waals surface area contributed by atoms with Crippen LogP contribution in [-0.4, -0.2) is 35.2 Å². The molecule has 0 aromatic carbocycles. The Bertz CT molecular complexity index is 507. The number of Topliss-reactive ketones (excluding diaryl/α,β-unsaturated/α-hetero) is 2. The molecule has 28 heavy (non-hydrogen) atoms. The van der Waals surface area contributed by atoms with Gasteiger partial charge in [-0.05, 0) is 39.0 Å². The molecule has 6 nitrogen and oxygen atoms in total. The minimum absolute atomic E-state index is 0.00592. The third-order valence-electron chi connectivity index (χ3n) is 5.12. The molecule has 162 valence electrons. The zero-order chi connectivity index (χ0) is 21.6. The van der Waals surface area contributed by atoms with E-state index in [1.54, 1.807) is 0 Å². The Hall–Kier alpha value is -1.72. The highest BCUT2D eigenvalue weighted by Gasteiger charge is 2.37. The van der Waals surface area contributed by atoms with Gasteiger partial charge < -0.3 is 9.47 Å². The van der Waals surface area contributed by atoms with E-state index >= 15 is 0 Å². The second kappa shape index (κ2) is 14.3. The van der Waals surface area contributed by atoms with E-state index in [1.165, 1.54) is 13.8 Å². The van der Waals surface area contributed by atoms with Crippen LogP contribution in [-0.2, 0) is 28.7 Å². The monoisotopic (exact) mass is 398 g/mol. The Morgan fingerprint density at radius 2 is 1.29 bits per heavy atom. The van der Waals surface area contributed by atoms with Crippen LogP contribution < -0.4 is 0 Å². The molecule has 0 saturated heterocycles. The second-order valence-electron chi connectivity index (χ2n) is 7.34. The second-order valence-corrected chi connectivity index (χ2v) is 7.34. The number of hydrogen-bond acceptors (Lipinski definition) is 6. The summed E-state index contributed by atoms with van der Waals surface area (Å²) in [5.41, 5.74) is -0.970. The summed E-state index contributed by atoms with van der Waals surface area (Å²) in [4.78, 5) is 46.7. The summed E-state index contributed by atoms with van der Waals surface area (Å²) in [6.07, 6.45) is 7.00. The van der Waals surface area contributed by atoms with Gasteiger partial charge in [-0.3, -0.25) is 19.2 Å². The molecule has 0 amide bonds. The van der Waals surface area contributed by atoms with Crippen molar-refractivity contribution >= 4 is 23.5 Å². The van der Waals surface area contributed by atoms with E-state index in [1.807, 2.05) is 20.8 Å². The average Bonchev–Trinajstić information content (AvgIpc) is 2.65. The van der Waals surface area contributed by atoms with Crippen molar-refractivity contribution in [1.82, 2.24) is 0 Å². The first-order valence-electron chi connectivity index (χ1n) is 10.6. The van der Waals surface area contributed by atoms with Crippen molar-refractivity contribution in [1.29, 1.82) is 0 Å². The van der Waals surface area contributed by atoms with Gasteiger partial charge in [0.1, 0.15) is 0 Å². The van der Waals surface area contributed by atoms with Crippen molar-refractivity contribution in [3.8, 4) is 0 Å². The van der Waals surface area contributed by atoms with Crippen LogP contribution in [0.3, 0.4) is 0 Å². The maximum absolute atomic E-state index is 12.5. The van der Waals surface area contributed by atoms with Gasteiger partial charge in [0, 0.05) is 19.8 Å². The minimum atomic E-state index is -0.970. The molecule has 0 N–H and O–H groups in total. The third-order valence-corrected chi connectivity index (χ3v) is 5.12. The number of ether oxygens (including phenoxy) is 2. The normalized spacial score (nSPS) is 12.3. The van der Waals surface area contributed by atoms with Crippen LogP contribution in [0.25, 0.3) is 0 Å². The first-order valence-corrected chi connectivity index (χ1v) is 10.6. The fraction of sp³-hybridized carbons (Fsp3) is 0.818. The van der Waals surface area contributed by atoms with E-state index in [0.717, 1.165) is 38.5 Å². The lowest BCUT2D eigenvalue weighted by molar-refractivity contribution is -0.166. The van der Waals surface area contributed by atoms with Gasteiger partial charge >= 0.3 is 11.9 Å². The molecule has 0 aliphatic carbocycles. The zero-order valence-corrected chi connectivity index (χ0v) is 18.3. The minimum Gasteiger partial charge on any atom is -0.454 e. The number of unbranched alkanes of at least 4 members (excludes halogenated alkanes) is 5. The third kappa shape index (κ3) is 10.00. The molecule has 0 saturated carbocycles. The lowest BCUT2D eigenvalue weighted by Crippen LogP contribution is -2.41. The summed E-state index contributed by atoms with van der Waals surface area (Å²) in [5, 5.41) is 0. The summed E-state index contributed by atoms with van der Waals surface area (Å²) in [7, 11) is 0. The molecule has 0 aliphatic rings. The largest absolute Gasteiger partial charge is 0.454 e. The maximum atomic E-state index is 12.5. The van der Waals surface area contributed by atoms with Crippen molar-refractivity contribution in [2.75, 3.05) is 0 Å². The summed E-state index contributed by atoms with van der Waals surface area (Å²) < 4.78 is 10.5. The lowest BCUT2D eigenvalue weighted by Gasteiger charge is -2.29. The number of carbonyl (C=O) groups excluding carboxylic acids is 4. The molecule has 0 heterocycles. The van der Waals surface area contributed by atoms with Crippen LogP contribution in [0.15, 0.2) is 0 Å². The molecule has 0 bridgehead atoms. The molecule has 0 radical (unpaired) electrons. The van der Waals surface area contributed by atoms with Gasteiger partial charge in [0.2, 0.25) is 0 Å². The van der Waals surface area contributed by atoms with E-state index < -0.39 is 17.7 Å². The van der Waals surface area contributed by atoms with Gasteiger partial charge in [0.25, 0.3) is 0 Å². The van der Waals surface area contributed by atoms with Crippen molar-refractivity contribution < 1.29 is 28.7 Å². The highest BCUT2D eigenvalue weighted by atomic mass is 16.6. The SMILES string of the molecule is CCC(OC(=O)CCCCCCCCC(=O)C(CC)(CC)OC(C)=O)C(C)=O. The molecule has 0 aromatic heterocycles. The van der Waals surface area contributed by atoms with Crippen molar-refractivity contribution in [2.24, 2.45) is 0 Å². The number of hydrogen-bond donors (Lipinski definition) is 0. The molecule has 6 heteroatoms. The molecular weight excluding hydrogens is 360 g/mol. The highest BCUT2D eigenvalue weighted by molar-refractivity contribution is 5.89. The van der Waals surface area contributed by atoms with E-state index in [0.29, 0.717) is 32.1 Å². The number of carbonyl (C=O) groups is 4. The highest BCUT2D eigenvalue weighted by Crippen LogP contribution is 2.25. The number of ketones is 2. The van der Waals surface area contributed by atoms with E-state index in [2.05, 4.69) is 0 Å². The molecule has 0 fully saturated rings. The van der Waals surface area contributed by atoms with Crippen molar-refractivity contribution in [2.45, 2.75) is 117 Å². The Morgan fingerprint density at radius 3 is 1.71 bits per heavy atom. The van der Waals surface area contributed by atoms with Crippen molar-refractivity contribution in [3.63, 3.8) is 0 Å². The van der Waals surface area contributed by atoms with E-state index in [4.69, 9.17) is 9.47 Å². The Labute approximate surface area is 169 Å². The molecule has 0 aliphatic heterocycles. The van der Waals surface area contributed by atoms with Gasteiger partial charge in [-0.2, -0.15) is 0 Å². The van der Waals surface area contributed by atoms with Crippen LogP contribution >= 0.6 is 0 Å². The number of esters is 2. The summed E-state index contributed by atoms with van der Waals surface area (Å²) >= 11 is 0. The maximum Gasteiger partial charge on any atom is 0.306 e. The average molecular weight is 399 g/mol. The van der Waals surface area contributed by atoms with Gasteiger partial charge in [0.15, 0.2) is 23.3 Å². The predicted molar refractivity (Wildman–Crippen MR) is 108 cm³/mol. The van der Waals surface area contributed by atoms with Crippen LogP contribution in [0, 0.1) is 0 Å². The lowest BCUT2D eigenvalue weighted by atomic mass is 9.88. The molecule has 0 spiro atoms. The first-order chi connectivity index (χ1) is 13.2. The molecule has 1 atom stereocenters. The Kier molecular flexibility index (Phi) is 13.4. The predicted octanol–water partition coefficient (Wildman–Crippen LogP) is 4.71.